The van der Waals surface area contributed by atoms with Gasteiger partial charge in [-0.3, -0.25) is 0 Å². The Labute approximate surface area is 82.1 Å². The van der Waals surface area contributed by atoms with Crippen molar-refractivity contribution in [1.82, 2.24) is 0 Å². The first kappa shape index (κ1) is 9.44. The zero-order valence-corrected chi connectivity index (χ0v) is 8.11. The van der Waals surface area contributed by atoms with Gasteiger partial charge in [0.15, 0.2) is 0 Å². The summed E-state index contributed by atoms with van der Waals surface area (Å²) in [5.41, 5.74) is 0.353. The third-order valence-electron chi connectivity index (χ3n) is 2.59. The highest BCUT2D eigenvalue weighted by atomic mass is 19.1. The van der Waals surface area contributed by atoms with Crippen molar-refractivity contribution in [2.45, 2.75) is 25.4 Å². The summed E-state index contributed by atoms with van der Waals surface area (Å²) in [7, 11) is 0. The summed E-state index contributed by atoms with van der Waals surface area (Å²) >= 11 is 0. The van der Waals surface area contributed by atoms with Crippen LogP contribution >= 0.6 is 0 Å². The van der Waals surface area contributed by atoms with Crippen molar-refractivity contribution in [3.05, 3.63) is 29.6 Å². The Morgan fingerprint density at radius 2 is 2.21 bits per heavy atom. The lowest BCUT2D eigenvalue weighted by molar-refractivity contribution is 0.183. The van der Waals surface area contributed by atoms with Crippen LogP contribution in [0.1, 0.15) is 18.9 Å². The molecule has 14 heavy (non-hydrogen) atoms. The molecule has 1 aliphatic heterocycles. The highest BCUT2D eigenvalue weighted by Crippen LogP contribution is 2.29. The van der Waals surface area contributed by atoms with Gasteiger partial charge in [0, 0.05) is 18.7 Å². The van der Waals surface area contributed by atoms with Gasteiger partial charge in [0.05, 0.1) is 0 Å². The molecule has 1 aromatic carbocycles. The number of halogens is 2. The minimum atomic E-state index is -1.23. The van der Waals surface area contributed by atoms with Crippen LogP contribution in [0.4, 0.5) is 14.5 Å². The van der Waals surface area contributed by atoms with E-state index in [4.69, 9.17) is 0 Å². The van der Waals surface area contributed by atoms with Gasteiger partial charge in [-0.25, -0.2) is 8.78 Å². The third-order valence-corrected chi connectivity index (χ3v) is 2.59. The second-order valence-electron chi connectivity index (χ2n) is 4.07. The zero-order chi connectivity index (χ0) is 10.2. The number of anilines is 1. The van der Waals surface area contributed by atoms with E-state index in [1.165, 1.54) is 12.1 Å². The van der Waals surface area contributed by atoms with E-state index in [-0.39, 0.29) is 12.2 Å². The van der Waals surface area contributed by atoms with Crippen molar-refractivity contribution in [1.29, 1.82) is 0 Å². The smallest absolute Gasteiger partial charge is 0.123 e. The molecule has 0 amide bonds. The lowest BCUT2D eigenvalue weighted by atomic mass is 9.96. The molecule has 1 aliphatic rings. The Morgan fingerprint density at radius 3 is 3.00 bits per heavy atom. The van der Waals surface area contributed by atoms with Crippen LogP contribution in [-0.4, -0.2) is 12.2 Å². The van der Waals surface area contributed by atoms with Gasteiger partial charge in [-0.2, -0.15) is 0 Å². The van der Waals surface area contributed by atoms with Gasteiger partial charge in [0.1, 0.15) is 11.5 Å². The van der Waals surface area contributed by atoms with Crippen molar-refractivity contribution >= 4 is 5.69 Å². The van der Waals surface area contributed by atoms with E-state index < -0.39 is 5.67 Å². The van der Waals surface area contributed by atoms with Crippen LogP contribution in [0.25, 0.3) is 0 Å². The molecule has 0 bridgehead atoms. The summed E-state index contributed by atoms with van der Waals surface area (Å²) in [6, 6.07) is 4.48. The van der Waals surface area contributed by atoms with Crippen LogP contribution in [0.2, 0.25) is 0 Å². The molecule has 0 aliphatic carbocycles. The molecule has 0 saturated carbocycles. The first-order chi connectivity index (χ1) is 6.57. The molecule has 0 aromatic heterocycles. The molecule has 0 radical (unpaired) electrons. The third kappa shape index (κ3) is 1.86. The lowest BCUT2D eigenvalue weighted by Gasteiger charge is -2.16. The Bertz CT molecular complexity index is 347. The van der Waals surface area contributed by atoms with Crippen molar-refractivity contribution in [3.8, 4) is 0 Å². The number of hydrogen-bond donors (Lipinski definition) is 1. The summed E-state index contributed by atoms with van der Waals surface area (Å²) in [5, 5.41) is 3.10. The molecule has 1 unspecified atom stereocenters. The summed E-state index contributed by atoms with van der Waals surface area (Å²) in [6.07, 6.45) is 0.746. The number of alkyl halides is 1. The monoisotopic (exact) mass is 197 g/mol. The predicted molar refractivity (Wildman–Crippen MR) is 52.7 cm³/mol. The molecule has 2 rings (SSSR count). The summed E-state index contributed by atoms with van der Waals surface area (Å²) in [4.78, 5) is 0. The van der Waals surface area contributed by atoms with E-state index in [2.05, 4.69) is 5.32 Å². The maximum atomic E-state index is 13.8. The molecule has 0 fully saturated rings. The minimum absolute atomic E-state index is 0.285. The maximum absolute atomic E-state index is 13.8. The van der Waals surface area contributed by atoms with Gasteiger partial charge >= 0.3 is 0 Å². The normalized spacial score (nSPS) is 26.2. The van der Waals surface area contributed by atoms with Gasteiger partial charge in [-0.1, -0.05) is 0 Å². The van der Waals surface area contributed by atoms with Crippen LogP contribution in [0.15, 0.2) is 18.2 Å². The molecular formula is C11H13F2N. The number of benzene rings is 1. The minimum Gasteiger partial charge on any atom is -0.385 e. The quantitative estimate of drug-likeness (QED) is 0.674. The second-order valence-corrected chi connectivity index (χ2v) is 4.07. The van der Waals surface area contributed by atoms with Crippen molar-refractivity contribution in [2.24, 2.45) is 0 Å². The zero-order valence-electron chi connectivity index (χ0n) is 8.11. The number of fused-ring (bicyclic) bond motifs is 1. The van der Waals surface area contributed by atoms with Gasteiger partial charge in [0.25, 0.3) is 0 Å². The van der Waals surface area contributed by atoms with Crippen LogP contribution in [0.3, 0.4) is 0 Å². The molecular weight excluding hydrogens is 184 g/mol. The Hall–Kier alpha value is -1.12. The number of rotatable bonds is 0. The standard InChI is InChI=1S/C11H13F2N/c1-11(13)4-5-14-10-3-2-9(12)6-8(10)7-11/h2-3,6,14H,4-5,7H2,1H3. The Kier molecular flexibility index (Phi) is 2.17. The van der Waals surface area contributed by atoms with Crippen molar-refractivity contribution < 1.29 is 8.78 Å². The Morgan fingerprint density at radius 1 is 1.43 bits per heavy atom. The van der Waals surface area contributed by atoms with E-state index >= 15 is 0 Å². The highest BCUT2D eigenvalue weighted by molar-refractivity contribution is 5.52. The van der Waals surface area contributed by atoms with E-state index in [9.17, 15) is 8.78 Å². The summed E-state index contributed by atoms with van der Waals surface area (Å²) in [5.74, 6) is -0.303. The summed E-state index contributed by atoms with van der Waals surface area (Å²) in [6.45, 7) is 2.17. The number of hydrogen-bond acceptors (Lipinski definition) is 1. The van der Waals surface area contributed by atoms with E-state index in [1.807, 2.05) is 0 Å². The fourth-order valence-corrected chi connectivity index (χ4v) is 1.82. The average Bonchev–Trinajstić information content (AvgIpc) is 2.21. The molecule has 1 heterocycles. The SMILES string of the molecule is CC1(F)CCNc2ccc(F)cc2C1. The van der Waals surface area contributed by atoms with Gasteiger partial charge in [-0.05, 0) is 37.1 Å². The van der Waals surface area contributed by atoms with Gasteiger partial charge < -0.3 is 5.32 Å². The van der Waals surface area contributed by atoms with Crippen LogP contribution in [0.5, 0.6) is 0 Å². The van der Waals surface area contributed by atoms with E-state index in [1.54, 1.807) is 13.0 Å². The fourth-order valence-electron chi connectivity index (χ4n) is 1.82. The molecule has 1 atom stereocenters. The van der Waals surface area contributed by atoms with Gasteiger partial charge in [-0.15, -0.1) is 0 Å². The first-order valence-electron chi connectivity index (χ1n) is 4.78. The first-order valence-corrected chi connectivity index (χ1v) is 4.78. The molecule has 0 spiro atoms. The van der Waals surface area contributed by atoms with Gasteiger partial charge in [0.2, 0.25) is 0 Å². The molecule has 1 nitrogen and oxygen atoms in total. The van der Waals surface area contributed by atoms with Crippen molar-refractivity contribution in [3.63, 3.8) is 0 Å². The van der Waals surface area contributed by atoms with Crippen LogP contribution in [0, 0.1) is 5.82 Å². The lowest BCUT2D eigenvalue weighted by Crippen LogP contribution is -2.21. The van der Waals surface area contributed by atoms with E-state index in [0.717, 1.165) is 11.3 Å². The van der Waals surface area contributed by atoms with Crippen molar-refractivity contribution in [2.75, 3.05) is 11.9 Å². The fraction of sp³-hybridized carbons (Fsp3) is 0.455. The number of nitrogens with one attached hydrogen (secondary N) is 1. The average molecular weight is 197 g/mol. The molecule has 76 valence electrons. The molecule has 3 heteroatoms. The summed E-state index contributed by atoms with van der Waals surface area (Å²) < 4.78 is 26.7. The maximum Gasteiger partial charge on any atom is 0.123 e. The predicted octanol–water partition coefficient (Wildman–Crippen LogP) is 2.91. The largest absolute Gasteiger partial charge is 0.385 e. The molecule has 1 N–H and O–H groups in total. The molecule has 1 aromatic rings. The highest BCUT2D eigenvalue weighted by Gasteiger charge is 2.27. The van der Waals surface area contributed by atoms with Crippen LogP contribution < -0.4 is 5.32 Å². The molecule has 0 saturated heterocycles. The topological polar surface area (TPSA) is 12.0 Å². The van der Waals surface area contributed by atoms with Crippen LogP contribution in [-0.2, 0) is 6.42 Å². The van der Waals surface area contributed by atoms with E-state index in [0.29, 0.717) is 13.0 Å². The Balaban J connectivity index is 2.38. The second kappa shape index (κ2) is 3.23.